The van der Waals surface area contributed by atoms with Gasteiger partial charge in [-0.1, -0.05) is 48.5 Å². The topological polar surface area (TPSA) is 58.1 Å². The molecular formula is C26H23F3N2O2. The van der Waals surface area contributed by atoms with E-state index < -0.39 is 18.4 Å². The smallest absolute Gasteiger partial charge is 0.422 e. The highest BCUT2D eigenvalue weighted by Gasteiger charge is 2.28. The average Bonchev–Trinajstić information content (AvgIpc) is 3.18. The molecule has 4 rings (SSSR count). The molecule has 33 heavy (non-hydrogen) atoms. The van der Waals surface area contributed by atoms with Crippen LogP contribution in [-0.2, 0) is 5.60 Å². The van der Waals surface area contributed by atoms with Gasteiger partial charge in [0.2, 0.25) is 0 Å². The molecule has 0 saturated heterocycles. The van der Waals surface area contributed by atoms with E-state index in [1.807, 2.05) is 48.5 Å². The molecule has 0 spiro atoms. The van der Waals surface area contributed by atoms with Crippen molar-refractivity contribution in [1.29, 1.82) is 0 Å². The number of hydrogen-bond donors (Lipinski definition) is 2. The van der Waals surface area contributed by atoms with E-state index in [1.165, 1.54) is 12.1 Å². The zero-order valence-corrected chi connectivity index (χ0v) is 18.1. The Kier molecular flexibility index (Phi) is 5.99. The number of aliphatic hydroxyl groups is 1. The number of hydrogen-bond acceptors (Lipinski definition) is 3. The highest BCUT2D eigenvalue weighted by atomic mass is 19.4. The van der Waals surface area contributed by atoms with Crippen molar-refractivity contribution >= 4 is 23.2 Å². The van der Waals surface area contributed by atoms with Crippen LogP contribution in [0.4, 0.5) is 13.2 Å². The molecule has 0 amide bonds. The van der Waals surface area contributed by atoms with Gasteiger partial charge in [-0.2, -0.15) is 13.2 Å². The van der Waals surface area contributed by atoms with Crippen LogP contribution in [0.5, 0.6) is 5.75 Å². The Bertz CT molecular complexity index is 1280. The number of alkyl halides is 3. The molecule has 0 bridgehead atoms. The van der Waals surface area contributed by atoms with Crippen LogP contribution in [-0.4, -0.2) is 27.9 Å². The van der Waals surface area contributed by atoms with Gasteiger partial charge in [0, 0.05) is 0 Å². The molecule has 0 aliphatic rings. The van der Waals surface area contributed by atoms with Gasteiger partial charge in [-0.05, 0) is 66.4 Å². The Labute approximate surface area is 189 Å². The lowest BCUT2D eigenvalue weighted by molar-refractivity contribution is -0.153. The van der Waals surface area contributed by atoms with Crippen LogP contribution in [0.1, 0.15) is 30.8 Å². The van der Waals surface area contributed by atoms with Crippen molar-refractivity contribution in [1.82, 2.24) is 9.97 Å². The molecule has 1 heterocycles. The van der Waals surface area contributed by atoms with Gasteiger partial charge in [-0.15, -0.1) is 0 Å². The number of benzene rings is 3. The largest absolute Gasteiger partial charge is 0.484 e. The van der Waals surface area contributed by atoms with Gasteiger partial charge in [0.1, 0.15) is 11.6 Å². The van der Waals surface area contributed by atoms with E-state index in [9.17, 15) is 18.3 Å². The zero-order valence-electron chi connectivity index (χ0n) is 18.1. The molecule has 1 aromatic heterocycles. The second-order valence-corrected chi connectivity index (χ2v) is 8.26. The van der Waals surface area contributed by atoms with Crippen LogP contribution in [0.25, 0.3) is 34.3 Å². The summed E-state index contributed by atoms with van der Waals surface area (Å²) < 4.78 is 41.5. The van der Waals surface area contributed by atoms with Gasteiger partial charge in [-0.25, -0.2) is 4.98 Å². The number of H-pyrrole nitrogens is 1. The van der Waals surface area contributed by atoms with Crippen LogP contribution in [0.3, 0.4) is 0 Å². The standard InChI is InChI=1S/C26H23F3N2O2/c1-25(2,32)21-6-4-3-5-20(21)18-10-13-22-23(15-18)31-24(30-22)14-9-17-7-11-19(12-8-17)33-16-26(27,28)29/h3-15,32H,16H2,1-2H3,(H,30,31)/b14-9+. The molecule has 0 atom stereocenters. The number of nitrogens with zero attached hydrogens (tertiary/aromatic N) is 1. The van der Waals surface area contributed by atoms with Crippen molar-refractivity contribution in [2.75, 3.05) is 6.61 Å². The molecule has 0 radical (unpaired) electrons. The minimum atomic E-state index is -4.36. The molecule has 2 N–H and O–H groups in total. The summed E-state index contributed by atoms with van der Waals surface area (Å²) in [5.41, 5.74) is 4.22. The predicted octanol–water partition coefficient (Wildman–Crippen LogP) is 6.57. The molecule has 0 fully saturated rings. The Balaban J connectivity index is 1.53. The maximum absolute atomic E-state index is 12.3. The second-order valence-electron chi connectivity index (χ2n) is 8.26. The molecule has 0 saturated carbocycles. The second kappa shape index (κ2) is 8.75. The van der Waals surface area contributed by atoms with E-state index in [2.05, 4.69) is 9.97 Å². The Morgan fingerprint density at radius 2 is 1.70 bits per heavy atom. The lowest BCUT2D eigenvalue weighted by Gasteiger charge is -2.21. The van der Waals surface area contributed by atoms with E-state index in [-0.39, 0.29) is 5.75 Å². The summed E-state index contributed by atoms with van der Waals surface area (Å²) in [7, 11) is 0. The molecule has 4 nitrogen and oxygen atoms in total. The van der Waals surface area contributed by atoms with Crippen molar-refractivity contribution < 1.29 is 23.0 Å². The van der Waals surface area contributed by atoms with Crippen LogP contribution in [0, 0.1) is 0 Å². The number of aromatic amines is 1. The lowest BCUT2D eigenvalue weighted by Crippen LogP contribution is -2.19. The number of ether oxygens (including phenoxy) is 1. The van der Waals surface area contributed by atoms with Crippen LogP contribution < -0.4 is 4.74 Å². The number of nitrogens with one attached hydrogen (secondary N) is 1. The molecule has 4 aromatic rings. The van der Waals surface area contributed by atoms with Crippen molar-refractivity contribution in [3.05, 3.63) is 83.7 Å². The van der Waals surface area contributed by atoms with E-state index in [4.69, 9.17) is 4.74 Å². The first-order valence-corrected chi connectivity index (χ1v) is 10.4. The van der Waals surface area contributed by atoms with E-state index >= 15 is 0 Å². The fourth-order valence-corrected chi connectivity index (χ4v) is 3.56. The highest BCUT2D eigenvalue weighted by Crippen LogP contribution is 2.32. The van der Waals surface area contributed by atoms with E-state index in [1.54, 1.807) is 32.1 Å². The van der Waals surface area contributed by atoms with Gasteiger partial charge >= 0.3 is 6.18 Å². The third-order valence-electron chi connectivity index (χ3n) is 5.11. The summed E-state index contributed by atoms with van der Waals surface area (Å²) in [5.74, 6) is 0.808. The van der Waals surface area contributed by atoms with E-state index in [0.717, 1.165) is 33.3 Å². The van der Waals surface area contributed by atoms with Crippen molar-refractivity contribution in [2.24, 2.45) is 0 Å². The van der Waals surface area contributed by atoms with Crippen LogP contribution in [0.2, 0.25) is 0 Å². The number of fused-ring (bicyclic) bond motifs is 1. The van der Waals surface area contributed by atoms with E-state index in [0.29, 0.717) is 5.82 Å². The van der Waals surface area contributed by atoms with Crippen LogP contribution in [0.15, 0.2) is 66.7 Å². The predicted molar refractivity (Wildman–Crippen MR) is 124 cm³/mol. The van der Waals surface area contributed by atoms with Crippen molar-refractivity contribution in [2.45, 2.75) is 25.6 Å². The molecule has 0 unspecified atom stereocenters. The summed E-state index contributed by atoms with van der Waals surface area (Å²) in [5, 5.41) is 10.5. The fourth-order valence-electron chi connectivity index (χ4n) is 3.56. The summed E-state index contributed by atoms with van der Waals surface area (Å²) in [6.45, 7) is 2.21. The third-order valence-corrected chi connectivity index (χ3v) is 5.11. The first-order valence-electron chi connectivity index (χ1n) is 10.4. The first kappa shape index (κ1) is 22.6. The summed E-state index contributed by atoms with van der Waals surface area (Å²) in [4.78, 5) is 7.87. The van der Waals surface area contributed by atoms with Gasteiger partial charge in [0.25, 0.3) is 0 Å². The minimum absolute atomic E-state index is 0.159. The minimum Gasteiger partial charge on any atom is -0.484 e. The zero-order chi connectivity index (χ0) is 23.6. The number of halogens is 3. The fraction of sp³-hybridized carbons (Fsp3) is 0.192. The molecule has 0 aliphatic carbocycles. The van der Waals surface area contributed by atoms with Gasteiger partial charge in [0.15, 0.2) is 6.61 Å². The number of aromatic nitrogens is 2. The Hall–Kier alpha value is -3.58. The summed E-state index contributed by atoms with van der Waals surface area (Å²) in [6.07, 6.45) is -0.748. The van der Waals surface area contributed by atoms with Gasteiger partial charge in [0.05, 0.1) is 16.6 Å². The van der Waals surface area contributed by atoms with Crippen LogP contribution >= 0.6 is 0 Å². The van der Waals surface area contributed by atoms with Gasteiger partial charge < -0.3 is 14.8 Å². The molecule has 3 aromatic carbocycles. The molecule has 170 valence electrons. The maximum atomic E-state index is 12.3. The monoisotopic (exact) mass is 452 g/mol. The normalized spacial score (nSPS) is 12.5. The Morgan fingerprint density at radius 3 is 2.39 bits per heavy atom. The quantitative estimate of drug-likeness (QED) is 0.348. The van der Waals surface area contributed by atoms with Crippen molar-refractivity contribution in [3.8, 4) is 16.9 Å². The molecule has 0 aliphatic heterocycles. The molecular weight excluding hydrogens is 429 g/mol. The Morgan fingerprint density at radius 1 is 0.970 bits per heavy atom. The lowest BCUT2D eigenvalue weighted by atomic mass is 9.89. The summed E-state index contributed by atoms with van der Waals surface area (Å²) in [6, 6.07) is 20.0. The first-order chi connectivity index (χ1) is 15.6. The summed E-state index contributed by atoms with van der Waals surface area (Å²) >= 11 is 0. The van der Waals surface area contributed by atoms with Gasteiger partial charge in [-0.3, -0.25) is 0 Å². The number of rotatable bonds is 6. The maximum Gasteiger partial charge on any atom is 0.422 e. The average molecular weight is 452 g/mol. The highest BCUT2D eigenvalue weighted by molar-refractivity contribution is 5.84. The molecule has 7 heteroatoms. The SMILES string of the molecule is CC(C)(O)c1ccccc1-c1ccc2[nH]c(/C=C/c3ccc(OCC(F)(F)F)cc3)nc2c1. The third kappa shape index (κ3) is 5.62. The number of imidazole rings is 1. The van der Waals surface area contributed by atoms with Crippen molar-refractivity contribution in [3.63, 3.8) is 0 Å².